The number of nitrogens with two attached hydrogens (primary N) is 1. The van der Waals surface area contributed by atoms with Crippen molar-refractivity contribution in [3.8, 4) is 22.6 Å². The van der Waals surface area contributed by atoms with Crippen LogP contribution in [0.4, 0.5) is 5.82 Å². The summed E-state index contributed by atoms with van der Waals surface area (Å²) in [7, 11) is 0. The third-order valence-electron chi connectivity index (χ3n) is 4.31. The SMILES string of the molecule is CCn1cc(-c2cc(C(=O)NCCCO)c(N)nc2-c2ccco2)ccc1=O. The van der Waals surface area contributed by atoms with E-state index in [0.717, 1.165) is 0 Å². The van der Waals surface area contributed by atoms with E-state index in [2.05, 4.69) is 10.3 Å². The second kappa shape index (κ2) is 8.53. The van der Waals surface area contributed by atoms with E-state index in [9.17, 15) is 9.59 Å². The highest BCUT2D eigenvalue weighted by atomic mass is 16.3. The van der Waals surface area contributed by atoms with Crippen molar-refractivity contribution in [2.45, 2.75) is 19.9 Å². The van der Waals surface area contributed by atoms with E-state index in [1.165, 1.54) is 12.3 Å². The van der Waals surface area contributed by atoms with Crippen LogP contribution in [-0.4, -0.2) is 33.7 Å². The van der Waals surface area contributed by atoms with Gasteiger partial charge in [-0.15, -0.1) is 0 Å². The van der Waals surface area contributed by atoms with E-state index in [4.69, 9.17) is 15.3 Å². The van der Waals surface area contributed by atoms with Crippen molar-refractivity contribution >= 4 is 11.7 Å². The van der Waals surface area contributed by atoms with Crippen molar-refractivity contribution in [3.63, 3.8) is 0 Å². The molecule has 8 nitrogen and oxygen atoms in total. The number of pyridine rings is 2. The molecular formula is C20H22N4O4. The Balaban J connectivity index is 2.13. The normalized spacial score (nSPS) is 10.8. The predicted octanol–water partition coefficient (Wildman–Crippen LogP) is 1.88. The van der Waals surface area contributed by atoms with Crippen LogP contribution in [0.1, 0.15) is 23.7 Å². The number of hydrogen-bond acceptors (Lipinski definition) is 6. The summed E-state index contributed by atoms with van der Waals surface area (Å²) < 4.78 is 7.05. The molecule has 1 amide bonds. The fourth-order valence-electron chi connectivity index (χ4n) is 2.84. The number of hydrogen-bond donors (Lipinski definition) is 3. The number of nitrogen functional groups attached to an aromatic ring is 1. The number of anilines is 1. The van der Waals surface area contributed by atoms with Gasteiger partial charge in [0, 0.05) is 43.1 Å². The Labute approximate surface area is 161 Å². The first-order valence-electron chi connectivity index (χ1n) is 8.99. The average Bonchev–Trinajstić information content (AvgIpc) is 3.23. The molecule has 0 atom stereocenters. The Morgan fingerprint density at radius 3 is 2.86 bits per heavy atom. The molecular weight excluding hydrogens is 360 g/mol. The van der Waals surface area contributed by atoms with Crippen LogP contribution in [0.3, 0.4) is 0 Å². The summed E-state index contributed by atoms with van der Waals surface area (Å²) >= 11 is 0. The second-order valence-electron chi connectivity index (χ2n) is 6.17. The van der Waals surface area contributed by atoms with Crippen LogP contribution in [0.2, 0.25) is 0 Å². The van der Waals surface area contributed by atoms with E-state index in [-0.39, 0.29) is 29.5 Å². The van der Waals surface area contributed by atoms with Crippen LogP contribution in [0.5, 0.6) is 0 Å². The summed E-state index contributed by atoms with van der Waals surface area (Å²) in [6.45, 7) is 2.69. The second-order valence-corrected chi connectivity index (χ2v) is 6.17. The van der Waals surface area contributed by atoms with Gasteiger partial charge in [-0.25, -0.2) is 4.98 Å². The number of aliphatic hydroxyl groups is 1. The molecule has 3 aromatic rings. The lowest BCUT2D eigenvalue weighted by Gasteiger charge is -2.14. The highest BCUT2D eigenvalue weighted by Crippen LogP contribution is 2.33. The zero-order valence-corrected chi connectivity index (χ0v) is 15.5. The Kier molecular flexibility index (Phi) is 5.90. The molecule has 0 aromatic carbocycles. The Hall–Kier alpha value is -3.39. The summed E-state index contributed by atoms with van der Waals surface area (Å²) in [5.41, 5.74) is 7.97. The molecule has 3 rings (SSSR count). The summed E-state index contributed by atoms with van der Waals surface area (Å²) in [6.07, 6.45) is 3.69. The molecule has 4 N–H and O–H groups in total. The van der Waals surface area contributed by atoms with Crippen LogP contribution < -0.4 is 16.6 Å². The van der Waals surface area contributed by atoms with Gasteiger partial charge in [-0.3, -0.25) is 9.59 Å². The smallest absolute Gasteiger partial charge is 0.255 e. The number of carbonyl (C=O) groups excluding carboxylic acids is 1. The van der Waals surface area contributed by atoms with Crippen molar-refractivity contribution in [1.82, 2.24) is 14.9 Å². The van der Waals surface area contributed by atoms with Crippen LogP contribution >= 0.6 is 0 Å². The number of aliphatic hydroxyl groups excluding tert-OH is 1. The summed E-state index contributed by atoms with van der Waals surface area (Å²) in [6, 6.07) is 8.29. The highest BCUT2D eigenvalue weighted by Gasteiger charge is 2.19. The van der Waals surface area contributed by atoms with Gasteiger partial charge in [0.05, 0.1) is 11.8 Å². The molecule has 0 saturated carbocycles. The Morgan fingerprint density at radius 1 is 1.36 bits per heavy atom. The first-order valence-corrected chi connectivity index (χ1v) is 8.99. The van der Waals surface area contributed by atoms with Crippen molar-refractivity contribution in [1.29, 1.82) is 0 Å². The predicted molar refractivity (Wildman–Crippen MR) is 106 cm³/mol. The summed E-state index contributed by atoms with van der Waals surface area (Å²) in [4.78, 5) is 28.9. The van der Waals surface area contributed by atoms with Gasteiger partial charge in [-0.05, 0) is 37.6 Å². The molecule has 0 radical (unpaired) electrons. The number of aromatic nitrogens is 2. The number of nitrogens with one attached hydrogen (secondary N) is 1. The lowest BCUT2D eigenvalue weighted by atomic mass is 10.0. The van der Waals surface area contributed by atoms with Crippen molar-refractivity contribution in [3.05, 3.63) is 58.7 Å². The molecule has 0 unspecified atom stereocenters. The topological polar surface area (TPSA) is 123 Å². The first kappa shape index (κ1) is 19.4. The molecule has 0 aliphatic heterocycles. The molecule has 3 heterocycles. The number of carbonyl (C=O) groups is 1. The van der Waals surface area contributed by atoms with Crippen LogP contribution in [0.25, 0.3) is 22.6 Å². The lowest BCUT2D eigenvalue weighted by molar-refractivity contribution is 0.0952. The minimum atomic E-state index is -0.380. The largest absolute Gasteiger partial charge is 0.463 e. The molecule has 3 aromatic heterocycles. The monoisotopic (exact) mass is 382 g/mol. The van der Waals surface area contributed by atoms with Gasteiger partial charge in [-0.1, -0.05) is 0 Å². The number of rotatable bonds is 7. The van der Waals surface area contributed by atoms with Gasteiger partial charge in [0.2, 0.25) is 0 Å². The molecule has 0 fully saturated rings. The van der Waals surface area contributed by atoms with E-state index in [1.807, 2.05) is 6.92 Å². The minimum absolute atomic E-state index is 0.0186. The quantitative estimate of drug-likeness (QED) is 0.536. The third-order valence-corrected chi connectivity index (χ3v) is 4.31. The van der Waals surface area contributed by atoms with Crippen LogP contribution in [-0.2, 0) is 6.54 Å². The van der Waals surface area contributed by atoms with Crippen LogP contribution in [0, 0.1) is 0 Å². The number of furan rings is 1. The zero-order chi connectivity index (χ0) is 20.1. The van der Waals surface area contributed by atoms with Crippen molar-refractivity contribution in [2.24, 2.45) is 0 Å². The summed E-state index contributed by atoms with van der Waals surface area (Å²) in [5, 5.41) is 11.6. The average molecular weight is 382 g/mol. The first-order chi connectivity index (χ1) is 13.5. The molecule has 0 aliphatic carbocycles. The van der Waals surface area contributed by atoms with Crippen molar-refractivity contribution in [2.75, 3.05) is 18.9 Å². The highest BCUT2D eigenvalue weighted by molar-refractivity contribution is 6.00. The minimum Gasteiger partial charge on any atom is -0.463 e. The van der Waals surface area contributed by atoms with E-state index >= 15 is 0 Å². The van der Waals surface area contributed by atoms with Gasteiger partial charge >= 0.3 is 0 Å². The van der Waals surface area contributed by atoms with Gasteiger partial charge in [0.25, 0.3) is 11.5 Å². The molecule has 0 bridgehead atoms. The van der Waals surface area contributed by atoms with Crippen molar-refractivity contribution < 1.29 is 14.3 Å². The number of aryl methyl sites for hydroxylation is 1. The summed E-state index contributed by atoms with van der Waals surface area (Å²) in [5.74, 6) is 0.193. The fourth-order valence-corrected chi connectivity index (χ4v) is 2.84. The molecule has 28 heavy (non-hydrogen) atoms. The maximum atomic E-state index is 12.5. The Morgan fingerprint density at radius 2 is 2.18 bits per heavy atom. The molecule has 146 valence electrons. The van der Waals surface area contributed by atoms with Crippen LogP contribution in [0.15, 0.2) is 52.0 Å². The molecule has 0 saturated heterocycles. The van der Waals surface area contributed by atoms with E-state index in [1.54, 1.807) is 35.0 Å². The van der Waals surface area contributed by atoms with Gasteiger partial charge in [0.1, 0.15) is 11.5 Å². The standard InChI is InChI=1S/C20H22N4O4/c1-2-24-12-13(6-7-17(24)26)14-11-15(20(27)22-8-4-9-25)19(21)23-18(14)16-5-3-10-28-16/h3,5-7,10-12,25H,2,4,8-9H2,1H3,(H2,21,23)(H,22,27). The molecule has 0 aliphatic rings. The Bertz CT molecular complexity index is 1030. The van der Waals surface area contributed by atoms with Gasteiger partial charge in [-0.2, -0.15) is 0 Å². The number of amides is 1. The van der Waals surface area contributed by atoms with Gasteiger partial charge < -0.3 is 25.1 Å². The van der Waals surface area contributed by atoms with Gasteiger partial charge in [0.15, 0.2) is 5.76 Å². The fraction of sp³-hybridized carbons (Fsp3) is 0.250. The molecule has 0 spiro atoms. The maximum Gasteiger partial charge on any atom is 0.255 e. The van der Waals surface area contributed by atoms with E-state index in [0.29, 0.717) is 42.1 Å². The maximum absolute atomic E-state index is 12.5. The third kappa shape index (κ3) is 3.96. The molecule has 8 heteroatoms. The number of nitrogens with zero attached hydrogens (tertiary/aromatic N) is 2. The lowest BCUT2D eigenvalue weighted by Crippen LogP contribution is -2.26. The zero-order valence-electron chi connectivity index (χ0n) is 15.5. The van der Waals surface area contributed by atoms with E-state index < -0.39 is 0 Å².